The standard InChI is InChI=1S/C18H21N3O2S/c1-10-7-19-15(11(2)18(10)22-3)8-24-17-5-12-4-13-14(21-9-20-13)6-16(12)23-17/h4,6-7,17,20-21H,5,8-9H2,1-3H3. The number of rotatable bonds is 4. The molecule has 0 bridgehead atoms. The summed E-state index contributed by atoms with van der Waals surface area (Å²) < 4.78 is 11.6. The van der Waals surface area contributed by atoms with Crippen molar-refractivity contribution in [3.63, 3.8) is 0 Å². The van der Waals surface area contributed by atoms with Crippen molar-refractivity contribution < 1.29 is 9.47 Å². The highest BCUT2D eigenvalue weighted by Crippen LogP contribution is 2.41. The number of pyridine rings is 1. The fourth-order valence-corrected chi connectivity index (χ4v) is 4.37. The summed E-state index contributed by atoms with van der Waals surface area (Å²) in [6.45, 7) is 4.88. The molecule has 4 rings (SSSR count). The lowest BCUT2D eigenvalue weighted by atomic mass is 10.1. The number of nitrogens with one attached hydrogen (secondary N) is 2. The van der Waals surface area contributed by atoms with E-state index in [1.165, 1.54) is 11.3 Å². The van der Waals surface area contributed by atoms with Crippen molar-refractivity contribution in [1.82, 2.24) is 4.98 Å². The third-order valence-corrected chi connectivity index (χ3v) is 5.63. The zero-order chi connectivity index (χ0) is 16.7. The molecular weight excluding hydrogens is 322 g/mol. The Morgan fingerprint density at radius 3 is 2.88 bits per heavy atom. The van der Waals surface area contributed by atoms with Crippen molar-refractivity contribution in [2.24, 2.45) is 0 Å². The van der Waals surface area contributed by atoms with Gasteiger partial charge >= 0.3 is 0 Å². The van der Waals surface area contributed by atoms with Crippen LogP contribution in [0.5, 0.6) is 11.5 Å². The Balaban J connectivity index is 1.45. The topological polar surface area (TPSA) is 55.4 Å². The van der Waals surface area contributed by atoms with Crippen LogP contribution in [0.1, 0.15) is 22.4 Å². The zero-order valence-corrected chi connectivity index (χ0v) is 14.9. The van der Waals surface area contributed by atoms with E-state index < -0.39 is 0 Å². The molecule has 1 atom stereocenters. The fraction of sp³-hybridized carbons (Fsp3) is 0.389. The van der Waals surface area contributed by atoms with Crippen molar-refractivity contribution in [2.45, 2.75) is 31.5 Å². The van der Waals surface area contributed by atoms with Crippen LogP contribution in [0.25, 0.3) is 0 Å². The van der Waals surface area contributed by atoms with Crippen LogP contribution in [-0.4, -0.2) is 24.2 Å². The summed E-state index contributed by atoms with van der Waals surface area (Å²) in [5, 5.41) is 6.64. The van der Waals surface area contributed by atoms with Gasteiger partial charge in [-0.2, -0.15) is 0 Å². The number of aryl methyl sites for hydroxylation is 1. The molecule has 1 unspecified atom stereocenters. The summed E-state index contributed by atoms with van der Waals surface area (Å²) in [4.78, 5) is 4.57. The largest absolute Gasteiger partial charge is 0.496 e. The highest BCUT2D eigenvalue weighted by Gasteiger charge is 2.26. The first-order chi connectivity index (χ1) is 11.7. The lowest BCUT2D eigenvalue weighted by Crippen LogP contribution is -2.09. The molecule has 3 heterocycles. The quantitative estimate of drug-likeness (QED) is 0.883. The minimum atomic E-state index is 0.135. The maximum absolute atomic E-state index is 6.11. The van der Waals surface area contributed by atoms with Crippen LogP contribution in [0.3, 0.4) is 0 Å². The van der Waals surface area contributed by atoms with Gasteiger partial charge in [0.2, 0.25) is 0 Å². The number of hydrogen-bond acceptors (Lipinski definition) is 6. The second-order valence-corrected chi connectivity index (χ2v) is 7.29. The van der Waals surface area contributed by atoms with E-state index in [1.54, 1.807) is 18.9 Å². The first kappa shape index (κ1) is 15.4. The van der Waals surface area contributed by atoms with Gasteiger partial charge in [-0.3, -0.25) is 4.98 Å². The molecule has 0 amide bonds. The van der Waals surface area contributed by atoms with Gasteiger partial charge in [-0.15, -0.1) is 11.8 Å². The number of thioether (sulfide) groups is 1. The normalized spacial score (nSPS) is 17.5. The molecule has 1 aromatic heterocycles. The molecule has 24 heavy (non-hydrogen) atoms. The third kappa shape index (κ3) is 2.65. The highest BCUT2D eigenvalue weighted by atomic mass is 32.2. The third-order valence-electron chi connectivity index (χ3n) is 4.56. The van der Waals surface area contributed by atoms with E-state index in [9.17, 15) is 0 Å². The molecular formula is C18H21N3O2S. The van der Waals surface area contributed by atoms with Gasteiger partial charge in [0.1, 0.15) is 16.9 Å². The smallest absolute Gasteiger partial charge is 0.149 e. The van der Waals surface area contributed by atoms with E-state index in [4.69, 9.17) is 9.47 Å². The van der Waals surface area contributed by atoms with Gasteiger partial charge in [-0.1, -0.05) is 0 Å². The minimum absolute atomic E-state index is 0.135. The van der Waals surface area contributed by atoms with Crippen LogP contribution in [0.4, 0.5) is 11.4 Å². The van der Waals surface area contributed by atoms with Crippen LogP contribution in [0.15, 0.2) is 18.3 Å². The van der Waals surface area contributed by atoms with E-state index in [-0.39, 0.29) is 5.44 Å². The summed E-state index contributed by atoms with van der Waals surface area (Å²) in [6, 6.07) is 4.30. The molecule has 0 aliphatic carbocycles. The summed E-state index contributed by atoms with van der Waals surface area (Å²) in [6.07, 6.45) is 2.81. The van der Waals surface area contributed by atoms with Crippen LogP contribution in [0.2, 0.25) is 0 Å². The molecule has 2 aliphatic heterocycles. The minimum Gasteiger partial charge on any atom is -0.496 e. The van der Waals surface area contributed by atoms with Gasteiger partial charge in [0.05, 0.1) is 30.8 Å². The lowest BCUT2D eigenvalue weighted by molar-refractivity contribution is 0.323. The lowest BCUT2D eigenvalue weighted by Gasteiger charge is -2.14. The average molecular weight is 343 g/mol. The second-order valence-electron chi connectivity index (χ2n) is 6.14. The van der Waals surface area contributed by atoms with E-state index in [2.05, 4.69) is 34.7 Å². The molecule has 0 spiro atoms. The molecule has 2 N–H and O–H groups in total. The molecule has 126 valence electrons. The first-order valence-electron chi connectivity index (χ1n) is 8.07. The molecule has 0 radical (unpaired) electrons. The van der Waals surface area contributed by atoms with Gasteiger partial charge in [-0.05, 0) is 19.9 Å². The number of fused-ring (bicyclic) bond motifs is 2. The predicted octanol–water partition coefficient (Wildman–Crippen LogP) is 3.70. The number of methoxy groups -OCH3 is 1. The van der Waals surface area contributed by atoms with Gasteiger partial charge in [0.25, 0.3) is 0 Å². The molecule has 0 saturated carbocycles. The van der Waals surface area contributed by atoms with E-state index in [0.29, 0.717) is 0 Å². The highest BCUT2D eigenvalue weighted by molar-refractivity contribution is 7.99. The summed E-state index contributed by atoms with van der Waals surface area (Å²) in [5.41, 5.74) is 6.96. The van der Waals surface area contributed by atoms with Gasteiger partial charge in [0.15, 0.2) is 0 Å². The van der Waals surface area contributed by atoms with Crippen molar-refractivity contribution in [2.75, 3.05) is 24.4 Å². The van der Waals surface area contributed by atoms with Crippen LogP contribution < -0.4 is 20.1 Å². The van der Waals surface area contributed by atoms with Gasteiger partial charge in [0, 0.05) is 41.1 Å². The molecule has 0 fully saturated rings. The van der Waals surface area contributed by atoms with Crippen LogP contribution >= 0.6 is 11.8 Å². The monoisotopic (exact) mass is 343 g/mol. The number of nitrogens with zero attached hydrogens (tertiary/aromatic N) is 1. The van der Waals surface area contributed by atoms with Crippen molar-refractivity contribution in [1.29, 1.82) is 0 Å². The Morgan fingerprint density at radius 2 is 2.08 bits per heavy atom. The van der Waals surface area contributed by atoms with Crippen LogP contribution in [-0.2, 0) is 12.2 Å². The number of aromatic nitrogens is 1. The van der Waals surface area contributed by atoms with Crippen molar-refractivity contribution in [3.05, 3.63) is 40.7 Å². The average Bonchev–Trinajstić information content (AvgIpc) is 3.17. The number of ether oxygens (including phenoxy) is 2. The maximum atomic E-state index is 6.11. The summed E-state index contributed by atoms with van der Waals surface area (Å²) in [5.74, 6) is 2.75. The second kappa shape index (κ2) is 6.09. The number of anilines is 2. The predicted molar refractivity (Wildman–Crippen MR) is 98.2 cm³/mol. The SMILES string of the molecule is COc1c(C)cnc(CSC2Cc3cc4c(cc3O2)NCN4)c1C. The van der Waals surface area contributed by atoms with Crippen molar-refractivity contribution in [3.8, 4) is 11.5 Å². The zero-order valence-electron chi connectivity index (χ0n) is 14.1. The van der Waals surface area contributed by atoms with E-state index in [1.807, 2.05) is 13.1 Å². The number of benzene rings is 1. The number of hydrogen-bond donors (Lipinski definition) is 2. The Morgan fingerprint density at radius 1 is 1.29 bits per heavy atom. The molecule has 5 nitrogen and oxygen atoms in total. The first-order valence-corrected chi connectivity index (χ1v) is 9.12. The Kier molecular flexibility index (Phi) is 3.92. The summed E-state index contributed by atoms with van der Waals surface area (Å²) >= 11 is 1.79. The van der Waals surface area contributed by atoms with E-state index in [0.717, 1.165) is 52.8 Å². The van der Waals surface area contributed by atoms with Gasteiger partial charge < -0.3 is 20.1 Å². The van der Waals surface area contributed by atoms with Crippen LogP contribution in [0, 0.1) is 13.8 Å². The maximum Gasteiger partial charge on any atom is 0.149 e. The van der Waals surface area contributed by atoms with Crippen molar-refractivity contribution >= 4 is 23.1 Å². The Bertz CT molecular complexity index is 761. The molecule has 2 aliphatic rings. The molecule has 2 aromatic rings. The van der Waals surface area contributed by atoms with E-state index >= 15 is 0 Å². The molecule has 6 heteroatoms. The summed E-state index contributed by atoms with van der Waals surface area (Å²) in [7, 11) is 1.71. The Labute approximate surface area is 146 Å². The fourth-order valence-electron chi connectivity index (χ4n) is 3.27. The molecule has 1 aromatic carbocycles. The van der Waals surface area contributed by atoms with Gasteiger partial charge in [-0.25, -0.2) is 0 Å². The molecule has 0 saturated heterocycles. The Hall–Kier alpha value is -2.08.